The van der Waals surface area contributed by atoms with Gasteiger partial charge < -0.3 is 20.3 Å². The highest BCUT2D eigenvalue weighted by atomic mass is 32.2. The summed E-state index contributed by atoms with van der Waals surface area (Å²) in [6.45, 7) is 7.91. The summed E-state index contributed by atoms with van der Waals surface area (Å²) < 4.78 is 33.2. The zero-order chi connectivity index (χ0) is 34.4. The maximum atomic E-state index is 14.1. The number of allylic oxidation sites excluding steroid dienone is 1. The first-order chi connectivity index (χ1) is 22.8. The van der Waals surface area contributed by atoms with Crippen molar-refractivity contribution in [2.45, 2.75) is 101 Å². The first-order valence-corrected chi connectivity index (χ1v) is 18.2. The van der Waals surface area contributed by atoms with Crippen molar-refractivity contribution in [1.29, 1.82) is 0 Å². The first kappa shape index (κ1) is 33.7. The van der Waals surface area contributed by atoms with Gasteiger partial charge in [-0.05, 0) is 54.7 Å². The van der Waals surface area contributed by atoms with Crippen molar-refractivity contribution < 1.29 is 37.1 Å². The average Bonchev–Trinajstić information content (AvgIpc) is 3.93. The molecule has 48 heavy (non-hydrogen) atoms. The summed E-state index contributed by atoms with van der Waals surface area (Å²) in [5.74, 6) is -3.19. The number of hydrogen-bond acceptors (Lipinski definition) is 8. The number of nitrogens with zero attached hydrogens (tertiary/aromatic N) is 2. The molecule has 2 aliphatic carbocycles. The lowest BCUT2D eigenvalue weighted by Crippen LogP contribution is -2.59. The Morgan fingerprint density at radius 2 is 1.94 bits per heavy atom. The Morgan fingerprint density at radius 3 is 2.62 bits per heavy atom. The highest BCUT2D eigenvalue weighted by Gasteiger charge is 2.62. The van der Waals surface area contributed by atoms with Crippen LogP contribution in [0.25, 0.3) is 6.08 Å². The molecule has 3 fully saturated rings. The average molecular weight is 682 g/mol. The molecule has 1 aromatic carbocycles. The molecule has 14 heteroatoms. The molecular weight excluding hydrogens is 638 g/mol. The van der Waals surface area contributed by atoms with E-state index in [1.54, 1.807) is 18.7 Å². The number of carbonyl (C=O) groups excluding carboxylic acids is 5. The minimum atomic E-state index is -3.88. The van der Waals surface area contributed by atoms with E-state index in [4.69, 9.17) is 4.74 Å². The van der Waals surface area contributed by atoms with E-state index in [9.17, 15) is 32.4 Å². The number of nitrogens with one attached hydrogen (secondary N) is 3. The van der Waals surface area contributed by atoms with Crippen LogP contribution < -0.4 is 15.4 Å². The van der Waals surface area contributed by atoms with Gasteiger partial charge in [-0.1, -0.05) is 50.3 Å². The van der Waals surface area contributed by atoms with Gasteiger partial charge in [-0.15, -0.1) is 6.58 Å². The normalized spacial score (nSPS) is 29.8. The smallest absolute Gasteiger partial charge is 0.410 e. The van der Waals surface area contributed by atoms with Gasteiger partial charge in [0.25, 0.3) is 5.91 Å². The standard InChI is InChI=1S/C34H43N5O8S/c1-4-23-16-34(23,32(43)37-48(45,46)25-13-14-25)36-30(41)27-15-24-18-39(27)31(42)29(20(2)3)35-28(40)12-7-5-6-9-21-10-8-11-22-17-38(19-26(21)22)33(44)47-24/h4,6,8-11,20,23-25,27,29H,1,5,7,12-19H2,2-3H3,(H,35,40)(H,36,41)(H,37,43)/b9-6+/t23-,24-,27+,29+,34-/m1/s1. The highest BCUT2D eigenvalue weighted by molar-refractivity contribution is 7.91. The molecule has 2 saturated carbocycles. The van der Waals surface area contributed by atoms with Gasteiger partial charge >= 0.3 is 6.09 Å². The van der Waals surface area contributed by atoms with Crippen molar-refractivity contribution >= 4 is 45.8 Å². The molecule has 258 valence electrons. The lowest BCUT2D eigenvalue weighted by molar-refractivity contribution is -0.143. The lowest BCUT2D eigenvalue weighted by atomic mass is 10.0. The number of amides is 5. The monoisotopic (exact) mass is 681 g/mol. The minimum absolute atomic E-state index is 0.0479. The molecule has 0 unspecified atom stereocenters. The molecule has 5 amide bonds. The SMILES string of the molecule is C=C[C@@H]1C[C@]1(NC(=O)[C@@H]1C[C@@H]2CN1C(=O)[C@H](C(C)C)NC(=O)CCC/C=C/c1cccc3c1CN(C3)C(=O)O2)C(=O)NS(=O)(=O)C1CC1. The molecule has 5 aliphatic rings. The van der Waals surface area contributed by atoms with Crippen molar-refractivity contribution in [1.82, 2.24) is 25.2 Å². The summed E-state index contributed by atoms with van der Waals surface area (Å²) >= 11 is 0. The van der Waals surface area contributed by atoms with E-state index in [1.165, 1.54) is 11.0 Å². The topological polar surface area (TPSA) is 171 Å². The van der Waals surface area contributed by atoms with Crippen LogP contribution in [0, 0.1) is 11.8 Å². The van der Waals surface area contributed by atoms with Crippen LogP contribution in [0.4, 0.5) is 4.79 Å². The van der Waals surface area contributed by atoms with Gasteiger partial charge in [0.2, 0.25) is 27.7 Å². The molecule has 1 saturated heterocycles. The van der Waals surface area contributed by atoms with Crippen LogP contribution >= 0.6 is 0 Å². The highest BCUT2D eigenvalue weighted by Crippen LogP contribution is 2.45. The van der Waals surface area contributed by atoms with Crippen LogP contribution in [0.3, 0.4) is 0 Å². The molecule has 1 aromatic rings. The van der Waals surface area contributed by atoms with Gasteiger partial charge in [0.1, 0.15) is 23.7 Å². The summed E-state index contributed by atoms with van der Waals surface area (Å²) in [5.41, 5.74) is 1.46. The maximum absolute atomic E-state index is 14.1. The van der Waals surface area contributed by atoms with E-state index in [0.717, 1.165) is 16.7 Å². The van der Waals surface area contributed by atoms with E-state index < -0.39 is 68.7 Å². The van der Waals surface area contributed by atoms with Crippen molar-refractivity contribution in [3.8, 4) is 0 Å². The number of hydrogen-bond donors (Lipinski definition) is 3. The Hall–Kier alpha value is -4.20. The quantitative estimate of drug-likeness (QED) is 0.368. The van der Waals surface area contributed by atoms with E-state index in [2.05, 4.69) is 21.9 Å². The Bertz CT molecular complexity index is 1670. The number of benzene rings is 1. The molecule has 3 N–H and O–H groups in total. The van der Waals surface area contributed by atoms with Crippen LogP contribution in [0.15, 0.2) is 36.9 Å². The molecule has 4 bridgehead atoms. The summed E-state index contributed by atoms with van der Waals surface area (Å²) in [4.78, 5) is 70.8. The van der Waals surface area contributed by atoms with Crippen LogP contribution in [-0.4, -0.2) is 83.5 Å². The second-order valence-electron chi connectivity index (χ2n) is 13.9. The van der Waals surface area contributed by atoms with E-state index in [-0.39, 0.29) is 37.6 Å². The third-order valence-electron chi connectivity index (χ3n) is 9.96. The Balaban J connectivity index is 1.26. The Kier molecular flexibility index (Phi) is 9.14. The predicted molar refractivity (Wildman–Crippen MR) is 175 cm³/mol. The fourth-order valence-corrected chi connectivity index (χ4v) is 8.24. The van der Waals surface area contributed by atoms with Gasteiger partial charge in [0, 0.05) is 25.3 Å². The fourth-order valence-electron chi connectivity index (χ4n) is 6.87. The van der Waals surface area contributed by atoms with E-state index in [0.29, 0.717) is 38.8 Å². The van der Waals surface area contributed by atoms with Crippen molar-refractivity contribution in [2.75, 3.05) is 6.54 Å². The van der Waals surface area contributed by atoms with Crippen molar-refractivity contribution in [3.63, 3.8) is 0 Å². The molecule has 13 nitrogen and oxygen atoms in total. The first-order valence-electron chi connectivity index (χ1n) is 16.7. The van der Waals surface area contributed by atoms with Gasteiger partial charge in [-0.25, -0.2) is 13.2 Å². The molecule has 0 aromatic heterocycles. The van der Waals surface area contributed by atoms with Crippen molar-refractivity contribution in [3.05, 3.63) is 53.6 Å². The summed E-state index contributed by atoms with van der Waals surface area (Å²) in [6, 6.07) is 3.77. The zero-order valence-corrected chi connectivity index (χ0v) is 28.1. The number of rotatable bonds is 7. The van der Waals surface area contributed by atoms with Gasteiger partial charge in [0.05, 0.1) is 18.3 Å². The summed E-state index contributed by atoms with van der Waals surface area (Å²) in [5, 5.41) is 4.95. The molecule has 5 atom stereocenters. The zero-order valence-electron chi connectivity index (χ0n) is 27.3. The number of fused-ring (bicyclic) bond motifs is 3. The summed E-state index contributed by atoms with van der Waals surface area (Å²) in [6.07, 6.45) is 6.48. The van der Waals surface area contributed by atoms with Gasteiger partial charge in [0.15, 0.2) is 0 Å². The van der Waals surface area contributed by atoms with E-state index >= 15 is 0 Å². The summed E-state index contributed by atoms with van der Waals surface area (Å²) in [7, 11) is -3.88. The van der Waals surface area contributed by atoms with E-state index in [1.807, 2.05) is 30.4 Å². The van der Waals surface area contributed by atoms with Crippen LogP contribution in [0.2, 0.25) is 0 Å². The number of sulfonamides is 1. The van der Waals surface area contributed by atoms with Crippen LogP contribution in [0.5, 0.6) is 0 Å². The lowest BCUT2D eigenvalue weighted by Gasteiger charge is -2.31. The molecule has 3 heterocycles. The van der Waals surface area contributed by atoms with Gasteiger partial charge in [-0.3, -0.25) is 28.8 Å². The maximum Gasteiger partial charge on any atom is 0.410 e. The minimum Gasteiger partial charge on any atom is -0.444 e. The Morgan fingerprint density at radius 1 is 1.17 bits per heavy atom. The number of ether oxygens (including phenoxy) is 1. The molecule has 0 radical (unpaired) electrons. The second kappa shape index (κ2) is 13.0. The fraction of sp³-hybridized carbons (Fsp3) is 0.559. The van der Waals surface area contributed by atoms with Crippen LogP contribution in [0.1, 0.15) is 75.5 Å². The third kappa shape index (κ3) is 6.71. The Labute approximate surface area is 280 Å². The molecule has 6 rings (SSSR count). The van der Waals surface area contributed by atoms with Crippen LogP contribution in [-0.2, 0) is 47.0 Å². The third-order valence-corrected chi connectivity index (χ3v) is 11.8. The predicted octanol–water partition coefficient (Wildman–Crippen LogP) is 2.12. The number of carbonyl (C=O) groups is 5. The second-order valence-corrected chi connectivity index (χ2v) is 15.8. The molecule has 3 aliphatic heterocycles. The molecular formula is C34H43N5O8S. The van der Waals surface area contributed by atoms with Crippen molar-refractivity contribution in [2.24, 2.45) is 11.8 Å². The molecule has 0 spiro atoms. The van der Waals surface area contributed by atoms with Gasteiger partial charge in [-0.2, -0.15) is 0 Å². The largest absolute Gasteiger partial charge is 0.444 e.